The van der Waals surface area contributed by atoms with Gasteiger partial charge in [0.05, 0.1) is 12.0 Å². The van der Waals surface area contributed by atoms with Gasteiger partial charge in [-0.3, -0.25) is 14.2 Å². The number of ether oxygens (including phenoxy) is 1. The molecule has 2 heterocycles. The van der Waals surface area contributed by atoms with Gasteiger partial charge in [-0.25, -0.2) is 9.78 Å². The van der Waals surface area contributed by atoms with Crippen molar-refractivity contribution in [3.63, 3.8) is 0 Å². The minimum atomic E-state index is -0.453. The third kappa shape index (κ3) is 3.58. The van der Waals surface area contributed by atoms with E-state index in [1.54, 1.807) is 25.7 Å². The summed E-state index contributed by atoms with van der Waals surface area (Å²) in [5.41, 5.74) is 0.257. The van der Waals surface area contributed by atoms with Crippen molar-refractivity contribution >= 4 is 33.4 Å². The first-order valence-corrected chi connectivity index (χ1v) is 9.12. The minimum absolute atomic E-state index is 0.0562. The standard InChI is InChI=1S/C17H23N3O4S/c1-6-19(7-2)12(21)9-20-11(5)18-15-13(16(20)22)10(4)14(25-15)17(23)24-8-3/h6-9H2,1-5H3. The summed E-state index contributed by atoms with van der Waals surface area (Å²) < 4.78 is 6.41. The number of aryl methyl sites for hydroxylation is 2. The summed E-state index contributed by atoms with van der Waals surface area (Å²) in [6.07, 6.45) is 0. The monoisotopic (exact) mass is 365 g/mol. The highest BCUT2D eigenvalue weighted by molar-refractivity contribution is 7.20. The Labute approximate surface area is 150 Å². The number of esters is 1. The van der Waals surface area contributed by atoms with Crippen LogP contribution in [0.15, 0.2) is 4.79 Å². The zero-order valence-electron chi connectivity index (χ0n) is 15.2. The number of carbonyl (C=O) groups excluding carboxylic acids is 2. The van der Waals surface area contributed by atoms with Crippen LogP contribution in [-0.2, 0) is 16.1 Å². The summed E-state index contributed by atoms with van der Waals surface area (Å²) >= 11 is 1.15. The number of amides is 1. The number of carbonyl (C=O) groups is 2. The predicted octanol–water partition coefficient (Wildman–Crippen LogP) is 2.12. The molecule has 0 spiro atoms. The first-order valence-electron chi connectivity index (χ1n) is 8.31. The first-order chi connectivity index (χ1) is 11.8. The maximum atomic E-state index is 12.9. The van der Waals surface area contributed by atoms with Crippen molar-refractivity contribution in [2.45, 2.75) is 41.2 Å². The average Bonchev–Trinajstić information content (AvgIpc) is 2.89. The number of fused-ring (bicyclic) bond motifs is 1. The van der Waals surface area contributed by atoms with Crippen LogP contribution in [0.25, 0.3) is 10.2 Å². The number of nitrogens with zero attached hydrogens (tertiary/aromatic N) is 3. The molecule has 8 heteroatoms. The third-order valence-corrected chi connectivity index (χ3v) is 5.28. The molecule has 136 valence electrons. The molecule has 25 heavy (non-hydrogen) atoms. The van der Waals surface area contributed by atoms with E-state index in [2.05, 4.69) is 4.98 Å². The van der Waals surface area contributed by atoms with E-state index in [9.17, 15) is 14.4 Å². The highest BCUT2D eigenvalue weighted by Gasteiger charge is 2.22. The summed E-state index contributed by atoms with van der Waals surface area (Å²) in [4.78, 5) is 44.3. The number of hydrogen-bond acceptors (Lipinski definition) is 6. The maximum absolute atomic E-state index is 12.9. The van der Waals surface area contributed by atoms with E-state index in [0.717, 1.165) is 11.3 Å². The lowest BCUT2D eigenvalue weighted by molar-refractivity contribution is -0.131. The van der Waals surface area contributed by atoms with Crippen molar-refractivity contribution in [1.82, 2.24) is 14.5 Å². The molecular formula is C17H23N3O4S. The first kappa shape index (κ1) is 19.1. The van der Waals surface area contributed by atoms with Gasteiger partial charge in [-0.05, 0) is 40.2 Å². The van der Waals surface area contributed by atoms with Crippen molar-refractivity contribution < 1.29 is 14.3 Å². The van der Waals surface area contributed by atoms with E-state index < -0.39 is 5.97 Å². The van der Waals surface area contributed by atoms with Gasteiger partial charge < -0.3 is 9.64 Å². The van der Waals surface area contributed by atoms with E-state index in [0.29, 0.717) is 39.6 Å². The maximum Gasteiger partial charge on any atom is 0.348 e. The van der Waals surface area contributed by atoms with Crippen LogP contribution in [0, 0.1) is 13.8 Å². The smallest absolute Gasteiger partial charge is 0.348 e. The summed E-state index contributed by atoms with van der Waals surface area (Å²) in [5.74, 6) is -0.129. The molecule has 0 aliphatic rings. The Balaban J connectivity index is 2.54. The highest BCUT2D eigenvalue weighted by Crippen LogP contribution is 2.28. The Bertz CT molecular complexity index is 865. The summed E-state index contributed by atoms with van der Waals surface area (Å²) in [7, 11) is 0. The molecule has 0 aliphatic carbocycles. The van der Waals surface area contributed by atoms with E-state index in [1.165, 1.54) is 4.57 Å². The molecule has 2 rings (SSSR count). The lowest BCUT2D eigenvalue weighted by Crippen LogP contribution is -2.37. The molecule has 0 N–H and O–H groups in total. The van der Waals surface area contributed by atoms with Gasteiger partial charge in [-0.1, -0.05) is 0 Å². The molecule has 0 saturated carbocycles. The summed E-state index contributed by atoms with van der Waals surface area (Å²) in [6.45, 7) is 10.3. The molecule has 0 radical (unpaired) electrons. The van der Waals surface area contributed by atoms with Crippen LogP contribution in [0.2, 0.25) is 0 Å². The van der Waals surface area contributed by atoms with Crippen LogP contribution in [0.5, 0.6) is 0 Å². The number of thiophene rings is 1. The Hall–Kier alpha value is -2.22. The predicted molar refractivity (Wildman–Crippen MR) is 97.2 cm³/mol. The molecule has 0 aliphatic heterocycles. The number of aromatic nitrogens is 2. The average molecular weight is 365 g/mol. The Morgan fingerprint density at radius 3 is 2.40 bits per heavy atom. The van der Waals surface area contributed by atoms with Crippen LogP contribution in [0.1, 0.15) is 41.8 Å². The van der Waals surface area contributed by atoms with Gasteiger partial charge in [0.2, 0.25) is 5.91 Å². The van der Waals surface area contributed by atoms with Crippen LogP contribution < -0.4 is 5.56 Å². The van der Waals surface area contributed by atoms with Crippen molar-refractivity contribution in [1.29, 1.82) is 0 Å². The van der Waals surface area contributed by atoms with E-state index in [1.807, 2.05) is 13.8 Å². The fourth-order valence-corrected chi connectivity index (χ4v) is 3.82. The van der Waals surface area contributed by atoms with Gasteiger partial charge >= 0.3 is 5.97 Å². The van der Waals surface area contributed by atoms with E-state index in [4.69, 9.17) is 4.74 Å². The second-order valence-corrected chi connectivity index (χ2v) is 6.57. The quantitative estimate of drug-likeness (QED) is 0.733. The van der Waals surface area contributed by atoms with Crippen molar-refractivity contribution in [2.24, 2.45) is 0 Å². The largest absolute Gasteiger partial charge is 0.462 e. The van der Waals surface area contributed by atoms with Gasteiger partial charge in [0, 0.05) is 13.1 Å². The van der Waals surface area contributed by atoms with Crippen LogP contribution in [0.4, 0.5) is 0 Å². The molecule has 1 amide bonds. The fourth-order valence-electron chi connectivity index (χ4n) is 2.71. The lowest BCUT2D eigenvalue weighted by Gasteiger charge is -2.19. The van der Waals surface area contributed by atoms with Gasteiger partial charge in [0.15, 0.2) is 0 Å². The lowest BCUT2D eigenvalue weighted by atomic mass is 10.2. The van der Waals surface area contributed by atoms with Crippen LogP contribution in [-0.4, -0.2) is 46.0 Å². The third-order valence-electron chi connectivity index (χ3n) is 4.11. The topological polar surface area (TPSA) is 81.5 Å². The van der Waals surface area contributed by atoms with Gasteiger partial charge in [-0.2, -0.15) is 0 Å². The zero-order chi connectivity index (χ0) is 18.7. The molecule has 0 unspecified atom stereocenters. The molecule has 0 bridgehead atoms. The summed E-state index contributed by atoms with van der Waals surface area (Å²) in [6, 6.07) is 0. The molecule has 2 aromatic heterocycles. The molecule has 0 saturated heterocycles. The number of rotatable bonds is 6. The Kier molecular flexibility index (Phi) is 5.94. The number of hydrogen-bond donors (Lipinski definition) is 0. The van der Waals surface area contributed by atoms with Crippen LogP contribution >= 0.6 is 11.3 Å². The molecule has 0 atom stereocenters. The van der Waals surface area contributed by atoms with E-state index in [-0.39, 0.29) is 24.6 Å². The second kappa shape index (κ2) is 7.77. The SMILES string of the molecule is CCOC(=O)c1sc2nc(C)n(CC(=O)N(CC)CC)c(=O)c2c1C. The number of likely N-dealkylation sites (N-methyl/N-ethyl adjacent to an activating group) is 1. The Morgan fingerprint density at radius 2 is 1.84 bits per heavy atom. The molecule has 7 nitrogen and oxygen atoms in total. The fraction of sp³-hybridized carbons (Fsp3) is 0.529. The van der Waals surface area contributed by atoms with Crippen molar-refractivity contribution in [2.75, 3.05) is 19.7 Å². The zero-order valence-corrected chi connectivity index (χ0v) is 16.0. The summed E-state index contributed by atoms with van der Waals surface area (Å²) in [5, 5.41) is 0.381. The van der Waals surface area contributed by atoms with E-state index >= 15 is 0 Å². The molecule has 2 aromatic rings. The molecular weight excluding hydrogens is 342 g/mol. The normalized spacial score (nSPS) is 10.9. The van der Waals surface area contributed by atoms with Crippen molar-refractivity contribution in [3.05, 3.63) is 26.6 Å². The molecule has 0 fully saturated rings. The second-order valence-electron chi connectivity index (χ2n) is 5.57. The van der Waals surface area contributed by atoms with Gasteiger partial charge in [0.25, 0.3) is 5.56 Å². The van der Waals surface area contributed by atoms with Gasteiger partial charge in [-0.15, -0.1) is 11.3 Å². The molecule has 0 aromatic carbocycles. The Morgan fingerprint density at radius 1 is 1.20 bits per heavy atom. The van der Waals surface area contributed by atoms with Crippen molar-refractivity contribution in [3.8, 4) is 0 Å². The van der Waals surface area contributed by atoms with Crippen LogP contribution in [0.3, 0.4) is 0 Å². The minimum Gasteiger partial charge on any atom is -0.462 e. The van der Waals surface area contributed by atoms with Gasteiger partial charge in [0.1, 0.15) is 22.1 Å². The highest BCUT2D eigenvalue weighted by atomic mass is 32.1.